The fourth-order valence-corrected chi connectivity index (χ4v) is 2.44. The first-order valence-electron chi connectivity index (χ1n) is 8.16. The smallest absolute Gasteiger partial charge is 0.312 e. The molecule has 0 saturated carbocycles. The van der Waals surface area contributed by atoms with Crippen molar-refractivity contribution < 1.29 is 23.5 Å². The van der Waals surface area contributed by atoms with Crippen LogP contribution >= 0.6 is 11.6 Å². The standard InChI is InChI=1S/C18H20ClN3O5/c1-11(17(24)21-10-14-3-2-8-26-14)27-16(23)9-15(22-18(20)25)12-4-6-13(19)7-5-12/h2-8,11,15H,9-10H2,1H3,(H,21,24)(H3,20,22,25)/t11-,15+/m1/s1. The topological polar surface area (TPSA) is 124 Å². The molecule has 0 spiro atoms. The SMILES string of the molecule is C[C@@H](OC(=O)C[C@H](NC(N)=O)c1ccc(Cl)cc1)C(=O)NCc1ccco1. The van der Waals surface area contributed by atoms with Crippen molar-refractivity contribution in [1.29, 1.82) is 0 Å². The molecule has 2 aromatic rings. The van der Waals surface area contributed by atoms with Crippen molar-refractivity contribution in [2.24, 2.45) is 5.73 Å². The van der Waals surface area contributed by atoms with Gasteiger partial charge in [0.25, 0.3) is 5.91 Å². The van der Waals surface area contributed by atoms with Crippen LogP contribution in [0.3, 0.4) is 0 Å². The number of carbonyl (C=O) groups is 3. The molecule has 144 valence electrons. The maximum absolute atomic E-state index is 12.2. The lowest BCUT2D eigenvalue weighted by Crippen LogP contribution is -2.37. The lowest BCUT2D eigenvalue weighted by atomic mass is 10.0. The van der Waals surface area contributed by atoms with Crippen molar-refractivity contribution in [3.63, 3.8) is 0 Å². The van der Waals surface area contributed by atoms with Crippen LogP contribution in [0, 0.1) is 0 Å². The quantitative estimate of drug-likeness (QED) is 0.593. The molecule has 27 heavy (non-hydrogen) atoms. The number of ether oxygens (including phenoxy) is 1. The van der Waals surface area contributed by atoms with Crippen LogP contribution in [0.25, 0.3) is 0 Å². The highest BCUT2D eigenvalue weighted by molar-refractivity contribution is 6.30. The number of halogens is 1. The van der Waals surface area contributed by atoms with Crippen molar-refractivity contribution in [3.05, 3.63) is 59.0 Å². The van der Waals surface area contributed by atoms with E-state index in [2.05, 4.69) is 10.6 Å². The van der Waals surface area contributed by atoms with Gasteiger partial charge in [0.15, 0.2) is 6.10 Å². The predicted octanol–water partition coefficient (Wildman–Crippen LogP) is 2.28. The zero-order chi connectivity index (χ0) is 19.8. The minimum atomic E-state index is -1.01. The zero-order valence-electron chi connectivity index (χ0n) is 14.6. The van der Waals surface area contributed by atoms with Crippen molar-refractivity contribution in [3.8, 4) is 0 Å². The van der Waals surface area contributed by atoms with E-state index in [0.717, 1.165) is 0 Å². The number of nitrogens with one attached hydrogen (secondary N) is 2. The first-order chi connectivity index (χ1) is 12.8. The van der Waals surface area contributed by atoms with Gasteiger partial charge >= 0.3 is 12.0 Å². The molecule has 0 radical (unpaired) electrons. The third-order valence-corrected chi connectivity index (χ3v) is 3.91. The summed E-state index contributed by atoms with van der Waals surface area (Å²) in [5, 5.41) is 5.59. The summed E-state index contributed by atoms with van der Waals surface area (Å²) >= 11 is 5.84. The van der Waals surface area contributed by atoms with Crippen LogP contribution in [0.5, 0.6) is 0 Å². The number of benzene rings is 1. The van der Waals surface area contributed by atoms with Gasteiger partial charge in [-0.1, -0.05) is 23.7 Å². The van der Waals surface area contributed by atoms with Gasteiger partial charge in [0.05, 0.1) is 25.3 Å². The summed E-state index contributed by atoms with van der Waals surface area (Å²) in [5.41, 5.74) is 5.80. The summed E-state index contributed by atoms with van der Waals surface area (Å²) in [6, 6.07) is 8.51. The second-order valence-corrected chi connectivity index (χ2v) is 6.18. The molecule has 1 aromatic heterocycles. The van der Waals surface area contributed by atoms with Gasteiger partial charge in [-0.15, -0.1) is 0 Å². The lowest BCUT2D eigenvalue weighted by Gasteiger charge is -2.19. The maximum Gasteiger partial charge on any atom is 0.312 e. The average Bonchev–Trinajstić information content (AvgIpc) is 3.12. The van der Waals surface area contributed by atoms with E-state index in [-0.39, 0.29) is 13.0 Å². The second kappa shape index (κ2) is 9.63. The van der Waals surface area contributed by atoms with Crippen LogP contribution < -0.4 is 16.4 Å². The van der Waals surface area contributed by atoms with Crippen molar-refractivity contribution >= 4 is 29.5 Å². The van der Waals surface area contributed by atoms with Crippen molar-refractivity contribution in [2.75, 3.05) is 0 Å². The summed E-state index contributed by atoms with van der Waals surface area (Å²) in [4.78, 5) is 35.4. The van der Waals surface area contributed by atoms with Gasteiger partial charge in [0, 0.05) is 5.02 Å². The van der Waals surface area contributed by atoms with E-state index in [0.29, 0.717) is 16.3 Å². The molecule has 0 saturated heterocycles. The molecule has 2 atom stereocenters. The van der Waals surface area contributed by atoms with Crippen LogP contribution in [0.4, 0.5) is 4.79 Å². The normalized spacial score (nSPS) is 12.7. The molecule has 0 unspecified atom stereocenters. The fraction of sp³-hybridized carbons (Fsp3) is 0.278. The number of rotatable bonds is 8. The van der Waals surface area contributed by atoms with Gasteiger partial charge in [-0.3, -0.25) is 9.59 Å². The number of carbonyl (C=O) groups excluding carboxylic acids is 3. The highest BCUT2D eigenvalue weighted by Gasteiger charge is 2.22. The number of nitrogens with two attached hydrogens (primary N) is 1. The number of hydrogen-bond acceptors (Lipinski definition) is 5. The molecular formula is C18H20ClN3O5. The number of urea groups is 1. The summed E-state index contributed by atoms with van der Waals surface area (Å²) in [6.07, 6.45) is 0.292. The Labute approximate surface area is 161 Å². The minimum Gasteiger partial charge on any atom is -0.467 e. The van der Waals surface area contributed by atoms with Crippen molar-refractivity contribution in [2.45, 2.75) is 32.0 Å². The van der Waals surface area contributed by atoms with E-state index in [1.54, 1.807) is 36.4 Å². The Morgan fingerprint density at radius 3 is 2.52 bits per heavy atom. The van der Waals surface area contributed by atoms with E-state index >= 15 is 0 Å². The Kier molecular flexibility index (Phi) is 7.25. The van der Waals surface area contributed by atoms with E-state index in [1.807, 2.05) is 0 Å². The number of esters is 1. The van der Waals surface area contributed by atoms with Gasteiger partial charge in [-0.05, 0) is 36.8 Å². The fourth-order valence-electron chi connectivity index (χ4n) is 2.32. The van der Waals surface area contributed by atoms with Crippen LogP contribution in [0.2, 0.25) is 5.02 Å². The Hall–Kier alpha value is -3.00. The molecule has 9 heteroatoms. The van der Waals surface area contributed by atoms with Gasteiger partial charge < -0.3 is 25.5 Å². The van der Waals surface area contributed by atoms with E-state index in [4.69, 9.17) is 26.5 Å². The molecular weight excluding hydrogens is 374 g/mol. The Balaban J connectivity index is 1.90. The van der Waals surface area contributed by atoms with Crippen LogP contribution in [0.15, 0.2) is 47.1 Å². The van der Waals surface area contributed by atoms with Crippen LogP contribution in [0.1, 0.15) is 30.7 Å². The molecule has 1 heterocycles. The summed E-state index contributed by atoms with van der Waals surface area (Å²) in [7, 11) is 0. The maximum atomic E-state index is 12.2. The number of furan rings is 1. The summed E-state index contributed by atoms with van der Waals surface area (Å²) in [5.74, 6) is -0.551. The van der Waals surface area contributed by atoms with Crippen LogP contribution in [-0.2, 0) is 20.9 Å². The first-order valence-corrected chi connectivity index (χ1v) is 8.54. The molecule has 0 aliphatic heterocycles. The lowest BCUT2D eigenvalue weighted by molar-refractivity contribution is -0.155. The molecule has 4 N–H and O–H groups in total. The Morgan fingerprint density at radius 2 is 1.93 bits per heavy atom. The third-order valence-electron chi connectivity index (χ3n) is 3.65. The monoisotopic (exact) mass is 393 g/mol. The first kappa shape index (κ1) is 20.3. The summed E-state index contributed by atoms with van der Waals surface area (Å²) in [6.45, 7) is 1.64. The molecule has 0 aliphatic carbocycles. The molecule has 2 rings (SSSR count). The van der Waals surface area contributed by atoms with E-state index in [9.17, 15) is 14.4 Å². The van der Waals surface area contributed by atoms with Gasteiger partial charge in [-0.2, -0.15) is 0 Å². The molecule has 0 bridgehead atoms. The number of amides is 3. The molecule has 1 aromatic carbocycles. The average molecular weight is 394 g/mol. The highest BCUT2D eigenvalue weighted by Crippen LogP contribution is 2.20. The Bertz CT molecular complexity index is 777. The van der Waals surface area contributed by atoms with E-state index < -0.39 is 30.1 Å². The largest absolute Gasteiger partial charge is 0.467 e. The number of hydrogen-bond donors (Lipinski definition) is 3. The summed E-state index contributed by atoms with van der Waals surface area (Å²) < 4.78 is 10.2. The van der Waals surface area contributed by atoms with Crippen LogP contribution in [-0.4, -0.2) is 24.0 Å². The zero-order valence-corrected chi connectivity index (χ0v) is 15.4. The second-order valence-electron chi connectivity index (χ2n) is 5.75. The number of primary amides is 1. The predicted molar refractivity (Wildman–Crippen MR) is 97.6 cm³/mol. The highest BCUT2D eigenvalue weighted by atomic mass is 35.5. The van der Waals surface area contributed by atoms with Gasteiger partial charge in [-0.25, -0.2) is 4.79 Å². The minimum absolute atomic E-state index is 0.185. The van der Waals surface area contributed by atoms with Crippen molar-refractivity contribution in [1.82, 2.24) is 10.6 Å². The molecule has 0 fully saturated rings. The molecule has 8 nitrogen and oxygen atoms in total. The van der Waals surface area contributed by atoms with E-state index in [1.165, 1.54) is 13.2 Å². The van der Waals surface area contributed by atoms with Gasteiger partial charge in [0.1, 0.15) is 5.76 Å². The van der Waals surface area contributed by atoms with Gasteiger partial charge in [0.2, 0.25) is 0 Å². The Morgan fingerprint density at radius 1 is 1.22 bits per heavy atom. The third kappa shape index (κ3) is 6.67. The molecule has 3 amide bonds. The molecule has 0 aliphatic rings.